The molecule has 1 N–H and O–H groups in total. The number of aliphatic hydroxyl groups excluding tert-OH is 1. The predicted molar refractivity (Wildman–Crippen MR) is 81.8 cm³/mol. The van der Waals surface area contributed by atoms with E-state index >= 15 is 0 Å². The lowest BCUT2D eigenvalue weighted by atomic mass is 9.89. The fourth-order valence-electron chi connectivity index (χ4n) is 2.32. The van der Waals surface area contributed by atoms with Crippen molar-refractivity contribution in [3.05, 3.63) is 66.0 Å². The summed E-state index contributed by atoms with van der Waals surface area (Å²) in [5.41, 5.74) is 1.90. The molecular formula is C17H20N2O2. The van der Waals surface area contributed by atoms with Crippen molar-refractivity contribution < 1.29 is 9.90 Å². The zero-order valence-electron chi connectivity index (χ0n) is 12.3. The number of aliphatic hydroxyl groups is 1. The van der Waals surface area contributed by atoms with Crippen LogP contribution in [0.2, 0.25) is 0 Å². The number of pyridine rings is 1. The number of carbonyl (C=O) groups is 1. The van der Waals surface area contributed by atoms with E-state index in [1.54, 1.807) is 20.3 Å². The number of hydrogen-bond acceptors (Lipinski definition) is 3. The highest BCUT2D eigenvalue weighted by atomic mass is 16.3. The van der Waals surface area contributed by atoms with Crippen LogP contribution in [-0.2, 0) is 4.79 Å². The third-order valence-corrected chi connectivity index (χ3v) is 3.43. The molecule has 0 bridgehead atoms. The molecule has 110 valence electrons. The average Bonchev–Trinajstić information content (AvgIpc) is 2.53. The predicted octanol–water partition coefficient (Wildman–Crippen LogP) is 2.05. The molecule has 0 aliphatic heterocycles. The number of carbonyl (C=O) groups excluding carboxylic acids is 1. The Hall–Kier alpha value is -2.20. The van der Waals surface area contributed by atoms with Gasteiger partial charge >= 0.3 is 0 Å². The van der Waals surface area contributed by atoms with Gasteiger partial charge in [-0.05, 0) is 24.1 Å². The lowest BCUT2D eigenvalue weighted by molar-refractivity contribution is -0.137. The van der Waals surface area contributed by atoms with Crippen molar-refractivity contribution in [1.29, 1.82) is 0 Å². The molecule has 0 radical (unpaired) electrons. The summed E-state index contributed by atoms with van der Waals surface area (Å²) in [7, 11) is 3.29. The van der Waals surface area contributed by atoms with Crippen LogP contribution in [0.1, 0.15) is 23.6 Å². The monoisotopic (exact) mass is 284 g/mol. The van der Waals surface area contributed by atoms with Crippen LogP contribution < -0.4 is 0 Å². The maximum atomic E-state index is 11.9. The van der Waals surface area contributed by atoms with Crippen LogP contribution in [0.3, 0.4) is 0 Å². The van der Waals surface area contributed by atoms with Gasteiger partial charge in [0.15, 0.2) is 0 Å². The summed E-state index contributed by atoms with van der Waals surface area (Å²) in [5.74, 6) is -0.391. The SMILES string of the molecule is CN(C)C(=O)C(O)CC(c1ccccc1)c1ccccn1. The molecule has 0 fully saturated rings. The molecule has 0 aliphatic carbocycles. The van der Waals surface area contributed by atoms with Gasteiger partial charge in [0.05, 0.1) is 0 Å². The van der Waals surface area contributed by atoms with Gasteiger partial charge in [-0.3, -0.25) is 9.78 Å². The van der Waals surface area contributed by atoms with E-state index in [1.165, 1.54) is 4.90 Å². The first-order chi connectivity index (χ1) is 10.1. The molecule has 0 saturated heterocycles. The molecule has 2 aromatic rings. The lowest BCUT2D eigenvalue weighted by Gasteiger charge is -2.22. The van der Waals surface area contributed by atoms with Gasteiger partial charge in [0.25, 0.3) is 5.91 Å². The van der Waals surface area contributed by atoms with Crippen molar-refractivity contribution in [1.82, 2.24) is 9.88 Å². The standard InChI is InChI=1S/C17H20N2O2/c1-19(2)17(21)16(20)12-14(13-8-4-3-5-9-13)15-10-6-7-11-18-15/h3-11,14,16,20H,12H2,1-2H3. The Labute approximate surface area is 125 Å². The Morgan fingerprint density at radius 3 is 2.38 bits per heavy atom. The van der Waals surface area contributed by atoms with Gasteiger partial charge in [-0.15, -0.1) is 0 Å². The highest BCUT2D eigenvalue weighted by molar-refractivity contribution is 5.80. The fourth-order valence-corrected chi connectivity index (χ4v) is 2.32. The smallest absolute Gasteiger partial charge is 0.250 e. The largest absolute Gasteiger partial charge is 0.383 e. The minimum absolute atomic E-state index is 0.105. The average molecular weight is 284 g/mol. The van der Waals surface area contributed by atoms with Crippen LogP contribution in [0.25, 0.3) is 0 Å². The number of rotatable bonds is 5. The Morgan fingerprint density at radius 2 is 1.81 bits per heavy atom. The summed E-state index contributed by atoms with van der Waals surface area (Å²) in [5, 5.41) is 10.2. The van der Waals surface area contributed by atoms with Gasteiger partial charge in [0.2, 0.25) is 0 Å². The van der Waals surface area contributed by atoms with Crippen LogP contribution in [-0.4, -0.2) is 41.1 Å². The number of aromatic nitrogens is 1. The van der Waals surface area contributed by atoms with Crippen LogP contribution in [0, 0.1) is 0 Å². The summed E-state index contributed by atoms with van der Waals surface area (Å²) in [6, 6.07) is 15.5. The summed E-state index contributed by atoms with van der Waals surface area (Å²) in [4.78, 5) is 17.7. The maximum Gasteiger partial charge on any atom is 0.250 e. The van der Waals surface area contributed by atoms with E-state index in [0.29, 0.717) is 6.42 Å². The van der Waals surface area contributed by atoms with Crippen molar-refractivity contribution in [2.45, 2.75) is 18.4 Å². The Morgan fingerprint density at radius 1 is 1.14 bits per heavy atom. The number of hydrogen-bond donors (Lipinski definition) is 1. The molecule has 2 rings (SSSR count). The second kappa shape index (κ2) is 6.99. The molecule has 21 heavy (non-hydrogen) atoms. The molecule has 4 nitrogen and oxygen atoms in total. The Bertz CT molecular complexity index is 530. The van der Waals surface area contributed by atoms with Crippen molar-refractivity contribution in [3.8, 4) is 0 Å². The van der Waals surface area contributed by atoms with Crippen molar-refractivity contribution in [2.24, 2.45) is 0 Å². The first-order valence-electron chi connectivity index (χ1n) is 6.94. The topological polar surface area (TPSA) is 53.4 Å². The summed E-state index contributed by atoms with van der Waals surface area (Å²) in [6.45, 7) is 0. The molecule has 1 aromatic carbocycles. The molecule has 4 heteroatoms. The molecule has 1 amide bonds. The van der Waals surface area contributed by atoms with E-state index in [2.05, 4.69) is 4.98 Å². The Kier molecular flexibility index (Phi) is 5.06. The number of nitrogens with zero attached hydrogens (tertiary/aromatic N) is 2. The third kappa shape index (κ3) is 3.89. The summed E-state index contributed by atoms with van der Waals surface area (Å²) < 4.78 is 0. The zero-order chi connectivity index (χ0) is 15.2. The van der Waals surface area contributed by atoms with E-state index in [9.17, 15) is 9.90 Å². The normalized spacial score (nSPS) is 13.5. The van der Waals surface area contributed by atoms with Crippen LogP contribution in [0.4, 0.5) is 0 Å². The lowest BCUT2D eigenvalue weighted by Crippen LogP contribution is -2.34. The second-order valence-electron chi connectivity index (χ2n) is 5.20. The van der Waals surface area contributed by atoms with E-state index in [1.807, 2.05) is 48.5 Å². The first kappa shape index (κ1) is 15.2. The van der Waals surface area contributed by atoms with Gasteiger partial charge in [0.1, 0.15) is 6.10 Å². The molecule has 2 unspecified atom stereocenters. The van der Waals surface area contributed by atoms with E-state index in [-0.39, 0.29) is 11.8 Å². The number of benzene rings is 1. The van der Waals surface area contributed by atoms with Gasteiger partial charge < -0.3 is 10.0 Å². The third-order valence-electron chi connectivity index (χ3n) is 3.43. The quantitative estimate of drug-likeness (QED) is 0.914. The van der Waals surface area contributed by atoms with Crippen LogP contribution >= 0.6 is 0 Å². The van der Waals surface area contributed by atoms with Gasteiger partial charge in [-0.1, -0.05) is 36.4 Å². The molecule has 1 aromatic heterocycles. The minimum Gasteiger partial charge on any atom is -0.383 e. The first-order valence-corrected chi connectivity index (χ1v) is 6.94. The molecule has 0 saturated carbocycles. The number of likely N-dealkylation sites (N-methyl/N-ethyl adjacent to an activating group) is 1. The maximum absolute atomic E-state index is 11.9. The highest BCUT2D eigenvalue weighted by Crippen LogP contribution is 2.28. The molecule has 1 heterocycles. The Balaban J connectivity index is 2.28. The van der Waals surface area contributed by atoms with E-state index < -0.39 is 6.10 Å². The summed E-state index contributed by atoms with van der Waals surface area (Å²) in [6.07, 6.45) is 1.01. The van der Waals surface area contributed by atoms with Crippen molar-refractivity contribution in [2.75, 3.05) is 14.1 Å². The van der Waals surface area contributed by atoms with E-state index in [4.69, 9.17) is 0 Å². The number of amides is 1. The van der Waals surface area contributed by atoms with Gasteiger partial charge in [-0.2, -0.15) is 0 Å². The van der Waals surface area contributed by atoms with Crippen LogP contribution in [0.15, 0.2) is 54.7 Å². The molecular weight excluding hydrogens is 264 g/mol. The molecule has 2 atom stereocenters. The van der Waals surface area contributed by atoms with Gasteiger partial charge in [0, 0.05) is 31.9 Å². The minimum atomic E-state index is -1.03. The summed E-state index contributed by atoms with van der Waals surface area (Å²) >= 11 is 0. The molecule has 0 aliphatic rings. The fraction of sp³-hybridized carbons (Fsp3) is 0.294. The van der Waals surface area contributed by atoms with E-state index in [0.717, 1.165) is 11.3 Å². The van der Waals surface area contributed by atoms with Gasteiger partial charge in [-0.25, -0.2) is 0 Å². The van der Waals surface area contributed by atoms with Crippen molar-refractivity contribution in [3.63, 3.8) is 0 Å². The van der Waals surface area contributed by atoms with Crippen LogP contribution in [0.5, 0.6) is 0 Å². The zero-order valence-corrected chi connectivity index (χ0v) is 12.3. The highest BCUT2D eigenvalue weighted by Gasteiger charge is 2.24. The molecule has 0 spiro atoms. The van der Waals surface area contributed by atoms with Crippen molar-refractivity contribution >= 4 is 5.91 Å². The second-order valence-corrected chi connectivity index (χ2v) is 5.20.